The molecule has 0 radical (unpaired) electrons. The molecule has 2 aliphatic heterocycles. The minimum atomic E-state index is -0.857. The van der Waals surface area contributed by atoms with Crippen molar-refractivity contribution in [2.24, 2.45) is 0 Å². The Morgan fingerprint density at radius 1 is 0.808 bits per heavy atom. The molecule has 0 unspecified atom stereocenters. The van der Waals surface area contributed by atoms with Crippen molar-refractivity contribution in [2.75, 3.05) is 18.0 Å². The van der Waals surface area contributed by atoms with Gasteiger partial charge in [0.25, 0.3) is 23.5 Å². The molecule has 0 aromatic heterocycles. The number of rotatable bonds is 3. The normalized spacial score (nSPS) is 15.8. The molecule has 0 atom stereocenters. The topological polar surface area (TPSA) is 74.8 Å². The van der Waals surface area contributed by atoms with Gasteiger partial charge < -0.3 is 4.90 Å². The van der Waals surface area contributed by atoms with Crippen LogP contribution in [0, 0.1) is 12.7 Å². The maximum absolute atomic E-state index is 14.2. The van der Waals surface area contributed by atoms with Crippen LogP contribution in [0.15, 0.2) is 36.4 Å². The lowest BCUT2D eigenvalue weighted by Crippen LogP contribution is -2.40. The average molecular weight is 352 g/mol. The van der Waals surface area contributed by atoms with E-state index in [0.717, 1.165) is 9.80 Å². The Balaban J connectivity index is 1.62. The second-order valence-corrected chi connectivity index (χ2v) is 6.18. The molecule has 0 fully saturated rings. The van der Waals surface area contributed by atoms with E-state index >= 15 is 0 Å². The number of ketones is 1. The van der Waals surface area contributed by atoms with E-state index in [1.165, 1.54) is 12.1 Å². The van der Waals surface area contributed by atoms with Gasteiger partial charge in [-0.05, 0) is 30.7 Å². The molecule has 130 valence electrons. The van der Waals surface area contributed by atoms with E-state index in [4.69, 9.17) is 0 Å². The Morgan fingerprint density at radius 2 is 1.38 bits per heavy atom. The highest BCUT2D eigenvalue weighted by molar-refractivity contribution is 6.52. The van der Waals surface area contributed by atoms with E-state index in [-0.39, 0.29) is 24.3 Å². The zero-order valence-corrected chi connectivity index (χ0v) is 13.8. The van der Waals surface area contributed by atoms with Gasteiger partial charge in [0.05, 0.1) is 22.4 Å². The van der Waals surface area contributed by atoms with E-state index in [9.17, 15) is 23.6 Å². The van der Waals surface area contributed by atoms with E-state index in [1.807, 2.05) is 0 Å². The first-order valence-electron chi connectivity index (χ1n) is 8.02. The number of amides is 3. The molecule has 2 aromatic rings. The summed E-state index contributed by atoms with van der Waals surface area (Å²) in [5.74, 6) is -3.25. The third-order valence-corrected chi connectivity index (χ3v) is 4.70. The van der Waals surface area contributed by atoms with Crippen LogP contribution in [0.1, 0.15) is 36.6 Å². The van der Waals surface area contributed by atoms with E-state index < -0.39 is 29.3 Å². The van der Waals surface area contributed by atoms with Crippen molar-refractivity contribution < 1.29 is 23.6 Å². The van der Waals surface area contributed by atoms with Crippen LogP contribution in [0.25, 0.3) is 0 Å². The molecule has 2 aliphatic rings. The number of carbonyl (C=O) groups excluding carboxylic acids is 4. The highest BCUT2D eigenvalue weighted by atomic mass is 19.1. The SMILES string of the molecule is Cc1ccc(F)c2c1C(=O)C(=O)N2CCN1C(=O)c2ccccc2C1=O. The summed E-state index contributed by atoms with van der Waals surface area (Å²) in [7, 11) is 0. The molecule has 26 heavy (non-hydrogen) atoms. The number of Topliss-reactive ketones (excluding diaryl/α,β-unsaturated/α-hetero) is 1. The van der Waals surface area contributed by atoms with Gasteiger partial charge in [-0.25, -0.2) is 4.39 Å². The number of hydrogen-bond donors (Lipinski definition) is 0. The maximum atomic E-state index is 14.2. The molecule has 2 aromatic carbocycles. The van der Waals surface area contributed by atoms with Crippen LogP contribution in [0.4, 0.5) is 10.1 Å². The monoisotopic (exact) mass is 352 g/mol. The zero-order valence-electron chi connectivity index (χ0n) is 13.8. The van der Waals surface area contributed by atoms with Crippen LogP contribution in [0.3, 0.4) is 0 Å². The second-order valence-electron chi connectivity index (χ2n) is 6.18. The molecular formula is C19H13FN2O4. The molecule has 0 saturated carbocycles. The van der Waals surface area contributed by atoms with Crippen LogP contribution in [-0.4, -0.2) is 41.5 Å². The van der Waals surface area contributed by atoms with Gasteiger partial charge in [-0.15, -0.1) is 0 Å². The lowest BCUT2D eigenvalue weighted by atomic mass is 10.1. The summed E-state index contributed by atoms with van der Waals surface area (Å²) in [5.41, 5.74) is 1.05. The van der Waals surface area contributed by atoms with Crippen molar-refractivity contribution in [1.29, 1.82) is 0 Å². The fourth-order valence-electron chi connectivity index (χ4n) is 3.40. The van der Waals surface area contributed by atoms with Crippen molar-refractivity contribution in [3.63, 3.8) is 0 Å². The van der Waals surface area contributed by atoms with Gasteiger partial charge in [0.2, 0.25) is 0 Å². The minimum absolute atomic E-state index is 0.0392. The Hall–Kier alpha value is -3.35. The van der Waals surface area contributed by atoms with Crippen molar-refractivity contribution in [3.8, 4) is 0 Å². The number of halogens is 1. The van der Waals surface area contributed by atoms with Crippen LogP contribution in [-0.2, 0) is 4.79 Å². The number of nitrogens with zero attached hydrogens (tertiary/aromatic N) is 2. The molecule has 6 nitrogen and oxygen atoms in total. The molecule has 0 bridgehead atoms. The lowest BCUT2D eigenvalue weighted by molar-refractivity contribution is -0.114. The number of hydrogen-bond acceptors (Lipinski definition) is 4. The highest BCUT2D eigenvalue weighted by Gasteiger charge is 2.41. The van der Waals surface area contributed by atoms with Crippen LogP contribution < -0.4 is 4.90 Å². The van der Waals surface area contributed by atoms with Crippen molar-refractivity contribution in [3.05, 3.63) is 64.5 Å². The van der Waals surface area contributed by atoms with Gasteiger partial charge in [0.15, 0.2) is 0 Å². The zero-order chi connectivity index (χ0) is 18.6. The molecule has 0 aliphatic carbocycles. The Bertz CT molecular complexity index is 980. The molecule has 0 N–H and O–H groups in total. The number of anilines is 1. The van der Waals surface area contributed by atoms with E-state index in [1.54, 1.807) is 31.2 Å². The summed E-state index contributed by atoms with van der Waals surface area (Å²) in [4.78, 5) is 51.2. The molecule has 4 rings (SSSR count). The van der Waals surface area contributed by atoms with Gasteiger partial charge in [0.1, 0.15) is 5.82 Å². The Morgan fingerprint density at radius 3 is 2.00 bits per heavy atom. The van der Waals surface area contributed by atoms with Crippen molar-refractivity contribution in [1.82, 2.24) is 4.90 Å². The summed E-state index contributed by atoms with van der Waals surface area (Å²) in [6, 6.07) is 9.05. The smallest absolute Gasteiger partial charge is 0.299 e. The number of aryl methyl sites for hydroxylation is 1. The summed E-state index contributed by atoms with van der Waals surface area (Å²) in [5, 5.41) is 0. The number of imide groups is 1. The summed E-state index contributed by atoms with van der Waals surface area (Å²) >= 11 is 0. The van der Waals surface area contributed by atoms with Gasteiger partial charge in [-0.3, -0.25) is 24.1 Å². The molecule has 7 heteroatoms. The predicted molar refractivity (Wildman–Crippen MR) is 89.6 cm³/mol. The fraction of sp³-hybridized carbons (Fsp3) is 0.158. The van der Waals surface area contributed by atoms with Crippen LogP contribution in [0.2, 0.25) is 0 Å². The number of fused-ring (bicyclic) bond motifs is 2. The second kappa shape index (κ2) is 5.59. The largest absolute Gasteiger partial charge is 0.300 e. The Labute approximate surface area is 147 Å². The average Bonchev–Trinajstić information content (AvgIpc) is 3.03. The first kappa shape index (κ1) is 16.1. The Kier molecular flexibility index (Phi) is 3.47. The van der Waals surface area contributed by atoms with Crippen LogP contribution in [0.5, 0.6) is 0 Å². The maximum Gasteiger partial charge on any atom is 0.299 e. The van der Waals surface area contributed by atoms with E-state index in [2.05, 4.69) is 0 Å². The standard InChI is InChI=1S/C19H13FN2O4/c1-10-6-7-13(20)15-14(10)16(23)19(26)21(15)8-9-22-17(24)11-4-2-3-5-12(11)18(22)25/h2-7H,8-9H2,1H3. The molecule has 2 heterocycles. The van der Waals surface area contributed by atoms with Crippen LogP contribution >= 0.6 is 0 Å². The first-order valence-corrected chi connectivity index (χ1v) is 8.02. The summed E-state index contributed by atoms with van der Waals surface area (Å²) in [6.07, 6.45) is 0. The number of benzene rings is 2. The highest BCUT2D eigenvalue weighted by Crippen LogP contribution is 2.34. The van der Waals surface area contributed by atoms with Gasteiger partial charge in [-0.2, -0.15) is 0 Å². The van der Waals surface area contributed by atoms with Crippen molar-refractivity contribution >= 4 is 29.2 Å². The van der Waals surface area contributed by atoms with Gasteiger partial charge in [-0.1, -0.05) is 18.2 Å². The quantitative estimate of drug-likeness (QED) is 0.625. The number of carbonyl (C=O) groups is 4. The molecule has 3 amide bonds. The van der Waals surface area contributed by atoms with Crippen molar-refractivity contribution in [2.45, 2.75) is 6.92 Å². The van der Waals surface area contributed by atoms with Gasteiger partial charge in [0, 0.05) is 13.1 Å². The van der Waals surface area contributed by atoms with E-state index in [0.29, 0.717) is 16.7 Å². The summed E-state index contributed by atoms with van der Waals surface area (Å²) in [6.45, 7) is 1.35. The predicted octanol–water partition coefficient (Wildman–Crippen LogP) is 1.96. The molecule has 0 saturated heterocycles. The third kappa shape index (κ3) is 2.10. The first-order chi connectivity index (χ1) is 12.4. The fourth-order valence-corrected chi connectivity index (χ4v) is 3.40. The molecular weight excluding hydrogens is 339 g/mol. The summed E-state index contributed by atoms with van der Waals surface area (Å²) < 4.78 is 14.2. The lowest BCUT2D eigenvalue weighted by Gasteiger charge is -2.21. The molecule has 0 spiro atoms. The minimum Gasteiger partial charge on any atom is -0.300 e. The van der Waals surface area contributed by atoms with Gasteiger partial charge >= 0.3 is 0 Å². The third-order valence-electron chi connectivity index (χ3n) is 4.70.